The molecule has 29 heavy (non-hydrogen) atoms. The zero-order chi connectivity index (χ0) is 21.0. The van der Waals surface area contributed by atoms with Crippen molar-refractivity contribution < 1.29 is 17.3 Å². The number of aryl methyl sites for hydroxylation is 2. The van der Waals surface area contributed by atoms with Crippen LogP contribution in [0.15, 0.2) is 91.2 Å². The van der Waals surface area contributed by atoms with Crippen molar-refractivity contribution in [3.8, 4) is 0 Å². The van der Waals surface area contributed by atoms with Crippen LogP contribution in [0.3, 0.4) is 0 Å². The van der Waals surface area contributed by atoms with E-state index in [1.165, 1.54) is 35.6 Å². The van der Waals surface area contributed by atoms with E-state index in [1.54, 1.807) is 0 Å². The van der Waals surface area contributed by atoms with Gasteiger partial charge in [-0.05, 0) is 60.4 Å². The Labute approximate surface area is 176 Å². The Balaban J connectivity index is 0.000000431. The fraction of sp³-hybridized carbons (Fsp3) is 0.182. The standard InChI is InChI=1S/C22H21S2.BF4/c1-3-16-13-14-18(15-17(16)4-2)24-21-11-7-5-9-19(21)23-20-10-6-8-12-22(20)24;2-1(3,4)5/h5-15H,3-4H2,1-2H3;/q+1;-1. The van der Waals surface area contributed by atoms with Crippen LogP contribution in [0.4, 0.5) is 17.3 Å². The van der Waals surface area contributed by atoms with Crippen molar-refractivity contribution >= 4 is 29.9 Å². The molecule has 1 aliphatic rings. The maximum atomic E-state index is 9.75. The molecule has 0 radical (unpaired) electrons. The molecule has 0 fully saturated rings. The van der Waals surface area contributed by atoms with E-state index in [0.29, 0.717) is 0 Å². The molecule has 3 aromatic carbocycles. The molecule has 0 saturated carbocycles. The predicted octanol–water partition coefficient (Wildman–Crippen LogP) is 7.67. The molecule has 0 amide bonds. The summed E-state index contributed by atoms with van der Waals surface area (Å²) >= 11 is 1.91. The lowest BCUT2D eigenvalue weighted by Crippen LogP contribution is -2.11. The Bertz CT molecular complexity index is 937. The highest BCUT2D eigenvalue weighted by Crippen LogP contribution is 2.48. The van der Waals surface area contributed by atoms with Crippen LogP contribution in [-0.2, 0) is 23.7 Å². The zero-order valence-electron chi connectivity index (χ0n) is 16.2. The molecule has 3 aromatic rings. The second-order valence-corrected chi connectivity index (χ2v) is 9.48. The molecule has 1 heterocycles. The van der Waals surface area contributed by atoms with Crippen molar-refractivity contribution in [2.45, 2.75) is 51.2 Å². The number of rotatable bonds is 3. The predicted molar refractivity (Wildman–Crippen MR) is 115 cm³/mol. The summed E-state index contributed by atoms with van der Waals surface area (Å²) in [5.74, 6) is 0. The van der Waals surface area contributed by atoms with Gasteiger partial charge < -0.3 is 17.3 Å². The molecule has 0 aromatic heterocycles. The van der Waals surface area contributed by atoms with Crippen molar-refractivity contribution in [3.05, 3.63) is 77.9 Å². The first-order chi connectivity index (χ1) is 13.8. The van der Waals surface area contributed by atoms with E-state index in [0.717, 1.165) is 12.8 Å². The quantitative estimate of drug-likeness (QED) is 0.180. The van der Waals surface area contributed by atoms with Crippen LogP contribution in [-0.4, -0.2) is 7.25 Å². The van der Waals surface area contributed by atoms with Crippen molar-refractivity contribution in [2.24, 2.45) is 0 Å². The second-order valence-electron chi connectivity index (χ2n) is 6.43. The molecule has 0 unspecified atom stereocenters. The Morgan fingerprint density at radius 1 is 0.724 bits per heavy atom. The van der Waals surface area contributed by atoms with Gasteiger partial charge in [0.25, 0.3) is 0 Å². The Hall–Kier alpha value is -1.86. The molecule has 0 spiro atoms. The summed E-state index contributed by atoms with van der Waals surface area (Å²) in [5, 5.41) is 0. The lowest BCUT2D eigenvalue weighted by Gasteiger charge is -2.19. The largest absolute Gasteiger partial charge is 0.673 e. The minimum atomic E-state index is -6.00. The van der Waals surface area contributed by atoms with Gasteiger partial charge in [-0.3, -0.25) is 0 Å². The monoisotopic (exact) mass is 436 g/mol. The van der Waals surface area contributed by atoms with Gasteiger partial charge in [0.05, 0.1) is 9.79 Å². The first kappa shape index (κ1) is 21.8. The molecule has 0 bridgehead atoms. The van der Waals surface area contributed by atoms with Gasteiger partial charge in [-0.1, -0.05) is 55.9 Å². The fourth-order valence-corrected chi connectivity index (χ4v) is 7.09. The minimum Gasteiger partial charge on any atom is -0.418 e. The SMILES string of the molecule is CCc1ccc([S+]2c3ccccc3Sc3ccccc32)cc1CC.F[B-](F)(F)F. The molecule has 0 atom stereocenters. The third-order valence-corrected chi connectivity index (χ3v) is 8.26. The fourth-order valence-electron chi connectivity index (χ4n) is 3.30. The molecule has 0 nitrogen and oxygen atoms in total. The number of halogens is 4. The van der Waals surface area contributed by atoms with Crippen LogP contribution < -0.4 is 0 Å². The highest BCUT2D eigenvalue weighted by atomic mass is 32.2. The summed E-state index contributed by atoms with van der Waals surface area (Å²) in [5.41, 5.74) is 2.98. The number of hydrogen-bond donors (Lipinski definition) is 0. The molecular weight excluding hydrogens is 415 g/mol. The maximum absolute atomic E-state index is 9.75. The molecule has 0 N–H and O–H groups in total. The summed E-state index contributed by atoms with van der Waals surface area (Å²) in [6, 6.07) is 24.9. The van der Waals surface area contributed by atoms with Crippen LogP contribution >= 0.6 is 11.8 Å². The number of hydrogen-bond acceptors (Lipinski definition) is 1. The van der Waals surface area contributed by atoms with Crippen LogP contribution in [0.25, 0.3) is 0 Å². The van der Waals surface area contributed by atoms with Crippen molar-refractivity contribution in [2.75, 3.05) is 0 Å². The van der Waals surface area contributed by atoms with Gasteiger partial charge in [0.15, 0.2) is 14.7 Å². The van der Waals surface area contributed by atoms with E-state index in [2.05, 4.69) is 80.6 Å². The Kier molecular flexibility index (Phi) is 7.01. The Morgan fingerprint density at radius 2 is 1.21 bits per heavy atom. The van der Waals surface area contributed by atoms with Crippen LogP contribution in [0.5, 0.6) is 0 Å². The molecule has 0 aliphatic carbocycles. The average molecular weight is 436 g/mol. The van der Waals surface area contributed by atoms with Crippen molar-refractivity contribution in [1.29, 1.82) is 0 Å². The van der Waals surface area contributed by atoms with E-state index in [4.69, 9.17) is 0 Å². The first-order valence-electron chi connectivity index (χ1n) is 9.41. The van der Waals surface area contributed by atoms with Crippen molar-refractivity contribution in [1.82, 2.24) is 0 Å². The van der Waals surface area contributed by atoms with Gasteiger partial charge in [-0.15, -0.1) is 0 Å². The first-order valence-corrected chi connectivity index (χ1v) is 11.4. The van der Waals surface area contributed by atoms with E-state index >= 15 is 0 Å². The van der Waals surface area contributed by atoms with E-state index in [9.17, 15) is 17.3 Å². The summed E-state index contributed by atoms with van der Waals surface area (Å²) in [4.78, 5) is 7.18. The summed E-state index contributed by atoms with van der Waals surface area (Å²) in [6.45, 7) is 4.51. The highest BCUT2D eigenvalue weighted by molar-refractivity contribution is 8.04. The zero-order valence-corrected chi connectivity index (χ0v) is 17.8. The summed E-state index contributed by atoms with van der Waals surface area (Å²) in [7, 11) is -6.00. The smallest absolute Gasteiger partial charge is 0.418 e. The van der Waals surface area contributed by atoms with Gasteiger partial charge in [-0.2, -0.15) is 0 Å². The van der Waals surface area contributed by atoms with Gasteiger partial charge >= 0.3 is 7.25 Å². The number of benzene rings is 3. The Morgan fingerprint density at radius 3 is 1.69 bits per heavy atom. The van der Waals surface area contributed by atoms with Gasteiger partial charge in [0.2, 0.25) is 0 Å². The molecule has 152 valence electrons. The van der Waals surface area contributed by atoms with Gasteiger partial charge in [0.1, 0.15) is 10.9 Å². The van der Waals surface area contributed by atoms with E-state index in [-0.39, 0.29) is 10.9 Å². The van der Waals surface area contributed by atoms with E-state index in [1.807, 2.05) is 11.8 Å². The normalized spacial score (nSPS) is 13.2. The van der Waals surface area contributed by atoms with E-state index < -0.39 is 7.25 Å². The molecular formula is C22H21BF4S2. The lowest BCUT2D eigenvalue weighted by molar-refractivity contribution is 0.368. The van der Waals surface area contributed by atoms with Gasteiger partial charge in [-0.25, -0.2) is 0 Å². The third-order valence-electron chi connectivity index (χ3n) is 4.53. The van der Waals surface area contributed by atoms with Crippen LogP contribution in [0.1, 0.15) is 25.0 Å². The lowest BCUT2D eigenvalue weighted by atomic mass is 10.0. The summed E-state index contributed by atoms with van der Waals surface area (Å²) < 4.78 is 39.0. The molecule has 1 aliphatic heterocycles. The molecule has 7 heteroatoms. The number of fused-ring (bicyclic) bond motifs is 2. The highest BCUT2D eigenvalue weighted by Gasteiger charge is 2.37. The van der Waals surface area contributed by atoms with Crippen molar-refractivity contribution in [3.63, 3.8) is 0 Å². The summed E-state index contributed by atoms with van der Waals surface area (Å²) in [6.07, 6.45) is 2.21. The molecule has 4 rings (SSSR count). The van der Waals surface area contributed by atoms with Gasteiger partial charge in [0, 0.05) is 0 Å². The molecule has 0 saturated heterocycles. The van der Waals surface area contributed by atoms with Crippen LogP contribution in [0, 0.1) is 0 Å². The third kappa shape index (κ3) is 5.40. The topological polar surface area (TPSA) is 0 Å². The average Bonchev–Trinajstić information content (AvgIpc) is 2.70. The minimum absolute atomic E-state index is 0.000888. The van der Waals surface area contributed by atoms with Crippen LogP contribution in [0.2, 0.25) is 0 Å². The maximum Gasteiger partial charge on any atom is 0.673 e. The second kappa shape index (κ2) is 9.31.